The van der Waals surface area contributed by atoms with Gasteiger partial charge >= 0.3 is 0 Å². The van der Waals surface area contributed by atoms with Gasteiger partial charge in [-0.1, -0.05) is 56.0 Å². The molecule has 2 aromatic carbocycles. The van der Waals surface area contributed by atoms with Crippen molar-refractivity contribution in [3.05, 3.63) is 78.6 Å². The molecule has 1 amide bonds. The van der Waals surface area contributed by atoms with Gasteiger partial charge in [0.25, 0.3) is 0 Å². The molecule has 0 aliphatic heterocycles. The summed E-state index contributed by atoms with van der Waals surface area (Å²) in [6.45, 7) is 7.97. The Kier molecular flexibility index (Phi) is 8.43. The van der Waals surface area contributed by atoms with Crippen LogP contribution in [0.2, 0.25) is 0 Å². The maximum absolute atomic E-state index is 12.4. The summed E-state index contributed by atoms with van der Waals surface area (Å²) in [6, 6.07) is 14.9. The molecule has 0 saturated heterocycles. The van der Waals surface area contributed by atoms with Gasteiger partial charge in [0, 0.05) is 17.9 Å². The summed E-state index contributed by atoms with van der Waals surface area (Å²) in [5.74, 6) is 0.269. The van der Waals surface area contributed by atoms with Crippen LogP contribution in [0, 0.1) is 0 Å². The van der Waals surface area contributed by atoms with Gasteiger partial charge in [-0.05, 0) is 41.3 Å². The fraction of sp³-hybridized carbons (Fsp3) is 0.261. The van der Waals surface area contributed by atoms with Crippen molar-refractivity contribution in [3.63, 3.8) is 0 Å². The number of anilines is 1. The van der Waals surface area contributed by atoms with Crippen molar-refractivity contribution >= 4 is 33.4 Å². The molecule has 0 bridgehead atoms. The van der Waals surface area contributed by atoms with Gasteiger partial charge in [-0.25, -0.2) is 13.1 Å². The lowest BCUT2D eigenvalue weighted by Gasteiger charge is -2.10. The molecule has 0 unspecified atom stereocenters. The van der Waals surface area contributed by atoms with Gasteiger partial charge in [-0.15, -0.1) is 16.8 Å². The predicted octanol–water partition coefficient (Wildman–Crippen LogP) is 3.73. The number of benzene rings is 2. The monoisotopic (exact) mass is 485 g/mol. The molecule has 3 rings (SSSR count). The van der Waals surface area contributed by atoms with E-state index in [-0.39, 0.29) is 24.0 Å². The van der Waals surface area contributed by atoms with E-state index in [1.54, 1.807) is 30.6 Å². The largest absolute Gasteiger partial charge is 0.325 e. The highest BCUT2D eigenvalue weighted by molar-refractivity contribution is 7.99. The molecule has 1 aromatic heterocycles. The highest BCUT2D eigenvalue weighted by Gasteiger charge is 2.12. The lowest BCUT2D eigenvalue weighted by Crippen LogP contribution is -2.25. The molecule has 174 valence electrons. The third kappa shape index (κ3) is 7.28. The molecule has 33 heavy (non-hydrogen) atoms. The van der Waals surface area contributed by atoms with Crippen LogP contribution in [0.4, 0.5) is 5.69 Å². The first-order valence-corrected chi connectivity index (χ1v) is 13.0. The van der Waals surface area contributed by atoms with Crippen molar-refractivity contribution in [2.24, 2.45) is 0 Å². The fourth-order valence-corrected chi connectivity index (χ4v) is 4.82. The molecule has 0 fully saturated rings. The van der Waals surface area contributed by atoms with Crippen LogP contribution < -0.4 is 10.0 Å². The Morgan fingerprint density at radius 3 is 2.48 bits per heavy atom. The Labute approximate surface area is 198 Å². The molecular weight excluding hydrogens is 458 g/mol. The van der Waals surface area contributed by atoms with Crippen LogP contribution in [0.1, 0.15) is 30.9 Å². The summed E-state index contributed by atoms with van der Waals surface area (Å²) in [7, 11) is -3.43. The molecule has 2 N–H and O–H groups in total. The SMILES string of the molecule is C=CCNS(=O)(=O)Cc1ccc(NC(=O)CSc2nncn2-c2ccc(C(C)C)cc2)cc1. The molecule has 1 heterocycles. The van der Waals surface area contributed by atoms with E-state index < -0.39 is 10.0 Å². The average Bonchev–Trinajstić information content (AvgIpc) is 3.26. The quantitative estimate of drug-likeness (QED) is 0.317. The van der Waals surface area contributed by atoms with Crippen LogP contribution in [-0.2, 0) is 20.6 Å². The molecule has 0 saturated carbocycles. The number of thioether (sulfide) groups is 1. The molecule has 0 radical (unpaired) electrons. The van der Waals surface area contributed by atoms with Crippen LogP contribution in [0.3, 0.4) is 0 Å². The van der Waals surface area contributed by atoms with Crippen molar-refractivity contribution in [2.45, 2.75) is 30.7 Å². The van der Waals surface area contributed by atoms with Crippen LogP contribution in [0.25, 0.3) is 5.69 Å². The topological polar surface area (TPSA) is 106 Å². The van der Waals surface area contributed by atoms with E-state index in [9.17, 15) is 13.2 Å². The number of carbonyl (C=O) groups is 1. The minimum Gasteiger partial charge on any atom is -0.325 e. The first-order chi connectivity index (χ1) is 15.8. The van der Waals surface area contributed by atoms with E-state index in [2.05, 4.69) is 52.8 Å². The summed E-state index contributed by atoms with van der Waals surface area (Å²) >= 11 is 1.29. The number of nitrogens with one attached hydrogen (secondary N) is 2. The number of amides is 1. The maximum atomic E-state index is 12.4. The highest BCUT2D eigenvalue weighted by atomic mass is 32.2. The van der Waals surface area contributed by atoms with E-state index in [0.717, 1.165) is 5.69 Å². The number of nitrogens with zero attached hydrogens (tertiary/aromatic N) is 3. The van der Waals surface area contributed by atoms with Crippen molar-refractivity contribution in [1.29, 1.82) is 0 Å². The summed E-state index contributed by atoms with van der Waals surface area (Å²) in [6.07, 6.45) is 3.11. The van der Waals surface area contributed by atoms with Crippen LogP contribution >= 0.6 is 11.8 Å². The second-order valence-corrected chi connectivity index (χ2v) is 10.4. The van der Waals surface area contributed by atoms with Crippen LogP contribution in [0.5, 0.6) is 0 Å². The van der Waals surface area contributed by atoms with Gasteiger partial charge in [0.2, 0.25) is 15.9 Å². The number of hydrogen-bond acceptors (Lipinski definition) is 6. The number of hydrogen-bond donors (Lipinski definition) is 2. The molecule has 0 aliphatic carbocycles. The smallest absolute Gasteiger partial charge is 0.234 e. The lowest BCUT2D eigenvalue weighted by molar-refractivity contribution is -0.113. The fourth-order valence-electron chi connectivity index (χ4n) is 2.99. The van der Waals surface area contributed by atoms with Crippen molar-refractivity contribution in [2.75, 3.05) is 17.6 Å². The number of aromatic nitrogens is 3. The Morgan fingerprint density at radius 1 is 1.15 bits per heavy atom. The molecule has 10 heteroatoms. The Balaban J connectivity index is 1.55. The summed E-state index contributed by atoms with van der Waals surface area (Å²) in [5, 5.41) is 11.5. The van der Waals surface area contributed by atoms with Gasteiger partial charge in [0.05, 0.1) is 11.5 Å². The number of rotatable bonds is 11. The summed E-state index contributed by atoms with van der Waals surface area (Å²) in [4.78, 5) is 12.4. The van der Waals surface area contributed by atoms with Gasteiger partial charge in [-0.3, -0.25) is 9.36 Å². The van der Waals surface area contributed by atoms with E-state index in [0.29, 0.717) is 22.3 Å². The first kappa shape index (κ1) is 24.7. The highest BCUT2D eigenvalue weighted by Crippen LogP contribution is 2.22. The Morgan fingerprint density at radius 2 is 1.85 bits per heavy atom. The van der Waals surface area contributed by atoms with Crippen LogP contribution in [-0.4, -0.2) is 41.4 Å². The molecule has 0 aliphatic rings. The molecule has 8 nitrogen and oxygen atoms in total. The standard InChI is InChI=1S/C23H27N5O3S2/c1-4-13-25-33(30,31)15-18-5-9-20(10-6-18)26-22(29)14-32-23-27-24-16-28(23)21-11-7-19(8-12-21)17(2)3/h4-12,16-17,25H,1,13-15H2,2-3H3,(H,26,29). The minimum absolute atomic E-state index is 0.140. The van der Waals surface area contributed by atoms with Crippen LogP contribution in [0.15, 0.2) is 72.7 Å². The van der Waals surface area contributed by atoms with E-state index >= 15 is 0 Å². The van der Waals surface area contributed by atoms with Gasteiger partial charge in [0.15, 0.2) is 5.16 Å². The normalized spacial score (nSPS) is 11.5. The second-order valence-electron chi connectivity index (χ2n) is 7.66. The molecule has 0 atom stereocenters. The zero-order chi connectivity index (χ0) is 23.8. The zero-order valence-corrected chi connectivity index (χ0v) is 20.2. The molecular formula is C23H27N5O3S2. The zero-order valence-electron chi connectivity index (χ0n) is 18.6. The molecule has 3 aromatic rings. The summed E-state index contributed by atoms with van der Waals surface area (Å²) < 4.78 is 28.2. The van der Waals surface area contributed by atoms with Gasteiger partial charge in [-0.2, -0.15) is 0 Å². The Bertz CT molecular complexity index is 1190. The third-order valence-electron chi connectivity index (χ3n) is 4.73. The first-order valence-electron chi connectivity index (χ1n) is 10.4. The number of carbonyl (C=O) groups excluding carboxylic acids is 1. The van der Waals surface area contributed by atoms with E-state index in [1.807, 2.05) is 16.7 Å². The minimum atomic E-state index is -3.43. The molecule has 0 spiro atoms. The van der Waals surface area contributed by atoms with Gasteiger partial charge < -0.3 is 5.32 Å². The van der Waals surface area contributed by atoms with E-state index in [4.69, 9.17) is 0 Å². The Hall–Kier alpha value is -2.95. The van der Waals surface area contributed by atoms with Crippen molar-refractivity contribution < 1.29 is 13.2 Å². The summed E-state index contributed by atoms with van der Waals surface area (Å²) in [5.41, 5.74) is 3.39. The third-order valence-corrected chi connectivity index (χ3v) is 6.99. The van der Waals surface area contributed by atoms with Crippen molar-refractivity contribution in [3.8, 4) is 5.69 Å². The van der Waals surface area contributed by atoms with Crippen molar-refractivity contribution in [1.82, 2.24) is 19.5 Å². The predicted molar refractivity (Wildman–Crippen MR) is 132 cm³/mol. The van der Waals surface area contributed by atoms with Gasteiger partial charge in [0.1, 0.15) is 6.33 Å². The lowest BCUT2D eigenvalue weighted by atomic mass is 10.0. The average molecular weight is 486 g/mol. The second kappa shape index (κ2) is 11.3. The number of sulfonamides is 1. The van der Waals surface area contributed by atoms with E-state index in [1.165, 1.54) is 23.4 Å². The maximum Gasteiger partial charge on any atom is 0.234 e.